The molecule has 4 aromatic rings. The van der Waals surface area contributed by atoms with E-state index in [1.54, 1.807) is 24.3 Å². The number of aromatic nitrogens is 4. The van der Waals surface area contributed by atoms with Crippen molar-refractivity contribution in [3.05, 3.63) is 82.4 Å². The van der Waals surface area contributed by atoms with Crippen molar-refractivity contribution in [2.45, 2.75) is 6.54 Å². The minimum absolute atomic E-state index is 0.231. The van der Waals surface area contributed by atoms with Crippen molar-refractivity contribution < 1.29 is 4.79 Å². The molecular formula is C19H16N6O2. The van der Waals surface area contributed by atoms with Crippen LogP contribution in [0, 0.1) is 0 Å². The molecule has 134 valence electrons. The molecule has 0 aliphatic rings. The van der Waals surface area contributed by atoms with E-state index in [0.717, 1.165) is 16.6 Å². The number of benzene rings is 2. The van der Waals surface area contributed by atoms with Gasteiger partial charge in [0.05, 0.1) is 11.0 Å². The lowest BCUT2D eigenvalue weighted by Crippen LogP contribution is -2.14. The molecule has 27 heavy (non-hydrogen) atoms. The molecule has 1 amide bonds. The Morgan fingerprint density at radius 1 is 0.926 bits per heavy atom. The molecule has 2 aromatic heterocycles. The summed E-state index contributed by atoms with van der Waals surface area (Å²) >= 11 is 0. The number of amides is 1. The van der Waals surface area contributed by atoms with E-state index in [1.807, 2.05) is 36.4 Å². The first-order valence-corrected chi connectivity index (χ1v) is 8.32. The number of imidazole rings is 1. The highest BCUT2D eigenvalue weighted by molar-refractivity contribution is 6.02. The van der Waals surface area contributed by atoms with Crippen molar-refractivity contribution in [3.8, 4) is 0 Å². The van der Waals surface area contributed by atoms with Gasteiger partial charge in [0.1, 0.15) is 5.82 Å². The molecule has 0 aliphatic heterocycles. The Morgan fingerprint density at radius 2 is 1.74 bits per heavy atom. The Morgan fingerprint density at radius 3 is 2.52 bits per heavy atom. The molecule has 2 aromatic carbocycles. The molecular weight excluding hydrogens is 344 g/mol. The van der Waals surface area contributed by atoms with Gasteiger partial charge in [-0.2, -0.15) is 0 Å². The van der Waals surface area contributed by atoms with Crippen LogP contribution in [0.1, 0.15) is 16.1 Å². The zero-order chi connectivity index (χ0) is 18.6. The highest BCUT2D eigenvalue weighted by atomic mass is 16.2. The van der Waals surface area contributed by atoms with Crippen LogP contribution in [-0.4, -0.2) is 26.1 Å². The van der Waals surface area contributed by atoms with Gasteiger partial charge in [-0.25, -0.2) is 4.79 Å². The SMILES string of the molecule is O=C(Nc1ccccc1)c1ccc(NCc2ccc3[nH]c(=O)[nH]c3c2)nn1. The maximum absolute atomic E-state index is 12.2. The molecule has 0 saturated carbocycles. The molecule has 4 N–H and O–H groups in total. The molecule has 0 fully saturated rings. The number of anilines is 2. The highest BCUT2D eigenvalue weighted by Crippen LogP contribution is 2.12. The zero-order valence-corrected chi connectivity index (χ0v) is 14.2. The topological polar surface area (TPSA) is 116 Å². The summed E-state index contributed by atoms with van der Waals surface area (Å²) in [6.45, 7) is 0.507. The third kappa shape index (κ3) is 3.84. The van der Waals surface area contributed by atoms with E-state index in [2.05, 4.69) is 30.8 Å². The minimum atomic E-state index is -0.317. The Labute approximate surface area is 153 Å². The van der Waals surface area contributed by atoms with Crippen molar-refractivity contribution in [1.82, 2.24) is 20.2 Å². The highest BCUT2D eigenvalue weighted by Gasteiger charge is 2.08. The number of hydrogen-bond acceptors (Lipinski definition) is 5. The zero-order valence-electron chi connectivity index (χ0n) is 14.2. The van der Waals surface area contributed by atoms with Crippen LogP contribution in [0.15, 0.2) is 65.5 Å². The lowest BCUT2D eigenvalue weighted by molar-refractivity contribution is 0.102. The van der Waals surface area contributed by atoms with Gasteiger partial charge in [0.15, 0.2) is 5.69 Å². The van der Waals surface area contributed by atoms with Crippen molar-refractivity contribution in [2.75, 3.05) is 10.6 Å². The van der Waals surface area contributed by atoms with Gasteiger partial charge in [0.2, 0.25) is 0 Å². The Balaban J connectivity index is 1.39. The summed E-state index contributed by atoms with van der Waals surface area (Å²) in [6.07, 6.45) is 0. The Kier molecular flexibility index (Phi) is 4.36. The number of nitrogens with zero attached hydrogens (tertiary/aromatic N) is 2. The number of para-hydroxylation sites is 1. The fourth-order valence-corrected chi connectivity index (χ4v) is 2.65. The largest absolute Gasteiger partial charge is 0.365 e. The maximum Gasteiger partial charge on any atom is 0.323 e. The lowest BCUT2D eigenvalue weighted by atomic mass is 10.2. The summed E-state index contributed by atoms with van der Waals surface area (Å²) in [7, 11) is 0. The monoisotopic (exact) mass is 360 g/mol. The van der Waals surface area contributed by atoms with Gasteiger partial charge in [-0.05, 0) is 42.0 Å². The average molecular weight is 360 g/mol. The van der Waals surface area contributed by atoms with Crippen molar-refractivity contribution in [3.63, 3.8) is 0 Å². The number of carbonyl (C=O) groups is 1. The van der Waals surface area contributed by atoms with Gasteiger partial charge < -0.3 is 20.6 Å². The van der Waals surface area contributed by atoms with Crippen LogP contribution in [0.4, 0.5) is 11.5 Å². The molecule has 8 heteroatoms. The summed E-state index contributed by atoms with van der Waals surface area (Å²) in [6, 6.07) is 18.1. The molecule has 0 bridgehead atoms. The number of hydrogen-bond donors (Lipinski definition) is 4. The first-order chi connectivity index (χ1) is 13.2. The molecule has 4 rings (SSSR count). The van der Waals surface area contributed by atoms with Crippen LogP contribution >= 0.6 is 0 Å². The Bertz CT molecular complexity index is 1130. The average Bonchev–Trinajstić information content (AvgIpc) is 3.07. The second-order valence-corrected chi connectivity index (χ2v) is 5.94. The van der Waals surface area contributed by atoms with E-state index in [-0.39, 0.29) is 17.3 Å². The third-order valence-corrected chi connectivity index (χ3v) is 3.98. The number of aromatic amines is 2. The number of rotatable bonds is 5. The normalized spacial score (nSPS) is 10.7. The maximum atomic E-state index is 12.2. The number of H-pyrrole nitrogens is 2. The fourth-order valence-electron chi connectivity index (χ4n) is 2.65. The van der Waals surface area contributed by atoms with Crippen molar-refractivity contribution >= 4 is 28.4 Å². The smallest absolute Gasteiger partial charge is 0.323 e. The predicted molar refractivity (Wildman–Crippen MR) is 103 cm³/mol. The van der Waals surface area contributed by atoms with Crippen LogP contribution in [0.25, 0.3) is 11.0 Å². The van der Waals surface area contributed by atoms with Crippen LogP contribution in [0.2, 0.25) is 0 Å². The summed E-state index contributed by atoms with van der Waals surface area (Å²) in [5.74, 6) is 0.232. The summed E-state index contributed by atoms with van der Waals surface area (Å²) in [5.41, 5.74) is 3.19. The van der Waals surface area contributed by atoms with Crippen LogP contribution < -0.4 is 16.3 Å². The van der Waals surface area contributed by atoms with Gasteiger partial charge in [0, 0.05) is 12.2 Å². The van der Waals surface area contributed by atoms with E-state index < -0.39 is 0 Å². The van der Waals surface area contributed by atoms with Gasteiger partial charge in [-0.1, -0.05) is 24.3 Å². The summed E-state index contributed by atoms with van der Waals surface area (Å²) < 4.78 is 0. The molecule has 0 aliphatic carbocycles. The van der Waals surface area contributed by atoms with E-state index in [0.29, 0.717) is 18.1 Å². The molecule has 0 radical (unpaired) electrons. The molecule has 0 spiro atoms. The summed E-state index contributed by atoms with van der Waals surface area (Å²) in [4.78, 5) is 28.9. The van der Waals surface area contributed by atoms with E-state index in [1.165, 1.54) is 0 Å². The Hall–Kier alpha value is -3.94. The van der Waals surface area contributed by atoms with Gasteiger partial charge in [0.25, 0.3) is 5.91 Å². The minimum Gasteiger partial charge on any atom is -0.365 e. The number of fused-ring (bicyclic) bond motifs is 1. The first kappa shape index (κ1) is 16.5. The first-order valence-electron chi connectivity index (χ1n) is 8.32. The van der Waals surface area contributed by atoms with Gasteiger partial charge in [-0.3, -0.25) is 4.79 Å². The standard InChI is InChI=1S/C19H16N6O2/c26-18(21-13-4-2-1-3-5-13)15-8-9-17(25-24-15)20-11-12-6-7-14-16(10-12)23-19(27)22-14/h1-10H,11H2,(H,20,25)(H,21,26)(H2,22,23,27). The van der Waals surface area contributed by atoms with E-state index in [4.69, 9.17) is 0 Å². The van der Waals surface area contributed by atoms with Crippen LogP contribution in [-0.2, 0) is 6.54 Å². The summed E-state index contributed by atoms with van der Waals surface area (Å²) in [5, 5.41) is 13.9. The van der Waals surface area contributed by atoms with Gasteiger partial charge >= 0.3 is 5.69 Å². The molecule has 0 unspecified atom stereocenters. The quantitative estimate of drug-likeness (QED) is 0.436. The molecule has 2 heterocycles. The van der Waals surface area contributed by atoms with Gasteiger partial charge in [-0.15, -0.1) is 10.2 Å². The lowest BCUT2D eigenvalue weighted by Gasteiger charge is -2.07. The number of carbonyl (C=O) groups excluding carboxylic acids is 1. The molecule has 0 saturated heterocycles. The van der Waals surface area contributed by atoms with Crippen molar-refractivity contribution in [2.24, 2.45) is 0 Å². The molecule has 8 nitrogen and oxygen atoms in total. The van der Waals surface area contributed by atoms with Crippen LogP contribution in [0.3, 0.4) is 0 Å². The van der Waals surface area contributed by atoms with E-state index >= 15 is 0 Å². The number of nitrogens with one attached hydrogen (secondary N) is 4. The molecule has 0 atom stereocenters. The van der Waals surface area contributed by atoms with Crippen molar-refractivity contribution in [1.29, 1.82) is 0 Å². The second kappa shape index (κ2) is 7.12. The second-order valence-electron chi connectivity index (χ2n) is 5.94. The predicted octanol–water partition coefficient (Wildman–Crippen LogP) is 2.51. The van der Waals surface area contributed by atoms with E-state index in [9.17, 15) is 9.59 Å². The fraction of sp³-hybridized carbons (Fsp3) is 0.0526. The van der Waals surface area contributed by atoms with Crippen LogP contribution in [0.5, 0.6) is 0 Å². The third-order valence-electron chi connectivity index (χ3n) is 3.98.